The van der Waals surface area contributed by atoms with Gasteiger partial charge in [-0.15, -0.1) is 0 Å². The molecule has 1 aromatic heterocycles. The van der Waals surface area contributed by atoms with Crippen LogP contribution in [0.25, 0.3) is 0 Å². The molecule has 0 fully saturated rings. The second kappa shape index (κ2) is 6.33. The van der Waals surface area contributed by atoms with E-state index in [0.29, 0.717) is 5.82 Å². The summed E-state index contributed by atoms with van der Waals surface area (Å²) in [6, 6.07) is 5.41. The van der Waals surface area contributed by atoms with Crippen molar-refractivity contribution in [2.75, 3.05) is 12.8 Å². The van der Waals surface area contributed by atoms with Crippen molar-refractivity contribution in [2.45, 2.75) is 6.61 Å². The number of hydrogen-bond acceptors (Lipinski definition) is 7. The number of rotatable bonds is 5. The topological polar surface area (TPSA) is 113 Å². The molecule has 0 spiro atoms. The molecule has 0 radical (unpaired) electrons. The van der Waals surface area contributed by atoms with Gasteiger partial charge in [0.2, 0.25) is 11.6 Å². The van der Waals surface area contributed by atoms with Crippen LogP contribution >= 0.6 is 11.6 Å². The molecule has 0 aliphatic heterocycles. The summed E-state index contributed by atoms with van der Waals surface area (Å²) in [6.45, 7) is 0.143. The molecule has 21 heavy (non-hydrogen) atoms. The average molecular weight is 311 g/mol. The lowest BCUT2D eigenvalue weighted by Crippen LogP contribution is -2.03. The number of ether oxygens (including phenoxy) is 2. The maximum Gasteiger partial charge on any atom is 0.313 e. The number of hydrogen-bond donors (Lipinski definition) is 1. The molecule has 9 heteroatoms. The SMILES string of the molecule is COCc1nc(N)cc(Oc2ccc(Cl)cc2[N+](=O)[O-])n1. The maximum atomic E-state index is 11.0. The quantitative estimate of drug-likeness (QED) is 0.666. The predicted molar refractivity (Wildman–Crippen MR) is 75.3 cm³/mol. The lowest BCUT2D eigenvalue weighted by Gasteiger charge is -2.07. The predicted octanol–water partition coefficient (Wildman–Crippen LogP) is 2.56. The molecule has 110 valence electrons. The average Bonchev–Trinajstić information content (AvgIpc) is 2.40. The number of nitro benzene ring substituents is 1. The van der Waals surface area contributed by atoms with Gasteiger partial charge < -0.3 is 15.2 Å². The third-order valence-corrected chi connectivity index (χ3v) is 2.61. The number of nitrogen functional groups attached to an aromatic ring is 1. The van der Waals surface area contributed by atoms with Gasteiger partial charge in [-0.3, -0.25) is 10.1 Å². The fourth-order valence-electron chi connectivity index (χ4n) is 1.57. The molecule has 1 heterocycles. The Morgan fingerprint density at radius 1 is 1.38 bits per heavy atom. The van der Waals surface area contributed by atoms with Crippen LogP contribution in [-0.4, -0.2) is 22.0 Å². The van der Waals surface area contributed by atoms with E-state index in [9.17, 15) is 10.1 Å². The number of halogens is 1. The first kappa shape index (κ1) is 14.9. The summed E-state index contributed by atoms with van der Waals surface area (Å²) in [5.74, 6) is 0.568. The van der Waals surface area contributed by atoms with E-state index in [0.717, 1.165) is 0 Å². The van der Waals surface area contributed by atoms with E-state index in [1.807, 2.05) is 0 Å². The zero-order valence-corrected chi connectivity index (χ0v) is 11.7. The molecule has 0 aliphatic carbocycles. The molecule has 0 atom stereocenters. The van der Waals surface area contributed by atoms with E-state index in [1.165, 1.54) is 31.4 Å². The van der Waals surface area contributed by atoms with Gasteiger partial charge in [-0.25, -0.2) is 4.98 Å². The van der Waals surface area contributed by atoms with Crippen LogP contribution in [0.15, 0.2) is 24.3 Å². The summed E-state index contributed by atoms with van der Waals surface area (Å²) in [5, 5.41) is 11.2. The van der Waals surface area contributed by atoms with Crippen molar-refractivity contribution < 1.29 is 14.4 Å². The summed E-state index contributed by atoms with van der Waals surface area (Å²) < 4.78 is 10.3. The number of nitrogens with zero attached hydrogens (tertiary/aromatic N) is 3. The highest BCUT2D eigenvalue weighted by Gasteiger charge is 2.17. The largest absolute Gasteiger partial charge is 0.432 e. The van der Waals surface area contributed by atoms with Crippen molar-refractivity contribution in [3.05, 3.63) is 45.2 Å². The minimum atomic E-state index is -0.595. The standard InChI is InChI=1S/C12H11ClN4O4/c1-20-6-11-15-10(14)5-12(16-11)21-9-3-2-7(13)4-8(9)17(18)19/h2-5H,6H2,1H3,(H2,14,15,16). The van der Waals surface area contributed by atoms with Crippen molar-refractivity contribution in [2.24, 2.45) is 0 Å². The first-order valence-corrected chi connectivity index (χ1v) is 6.11. The molecule has 0 amide bonds. The molecule has 2 N–H and O–H groups in total. The van der Waals surface area contributed by atoms with Crippen LogP contribution in [0, 0.1) is 10.1 Å². The molecule has 0 aliphatic rings. The van der Waals surface area contributed by atoms with Crippen LogP contribution in [0.4, 0.5) is 11.5 Å². The van der Waals surface area contributed by atoms with Crippen LogP contribution in [0.1, 0.15) is 5.82 Å². The fraction of sp³-hybridized carbons (Fsp3) is 0.167. The normalized spacial score (nSPS) is 10.4. The van der Waals surface area contributed by atoms with Crippen molar-refractivity contribution in [1.29, 1.82) is 0 Å². The highest BCUT2D eigenvalue weighted by molar-refractivity contribution is 6.30. The van der Waals surface area contributed by atoms with E-state index in [-0.39, 0.29) is 34.8 Å². The first-order chi connectivity index (χ1) is 9.99. The molecule has 0 unspecified atom stereocenters. The summed E-state index contributed by atoms with van der Waals surface area (Å²) in [5.41, 5.74) is 5.35. The summed E-state index contributed by atoms with van der Waals surface area (Å²) in [7, 11) is 1.48. The third-order valence-electron chi connectivity index (χ3n) is 2.37. The van der Waals surface area contributed by atoms with Gasteiger partial charge in [-0.05, 0) is 12.1 Å². The molecular formula is C12H11ClN4O4. The Morgan fingerprint density at radius 3 is 2.81 bits per heavy atom. The number of methoxy groups -OCH3 is 1. The summed E-state index contributed by atoms with van der Waals surface area (Å²) >= 11 is 5.73. The van der Waals surface area contributed by atoms with E-state index >= 15 is 0 Å². The van der Waals surface area contributed by atoms with E-state index in [1.54, 1.807) is 0 Å². The number of nitrogens with two attached hydrogens (primary N) is 1. The molecule has 2 aromatic rings. The van der Waals surface area contributed by atoms with Crippen LogP contribution in [0.3, 0.4) is 0 Å². The zero-order chi connectivity index (χ0) is 15.4. The molecule has 1 aromatic carbocycles. The Hall–Kier alpha value is -2.45. The number of aromatic nitrogens is 2. The first-order valence-electron chi connectivity index (χ1n) is 5.73. The van der Waals surface area contributed by atoms with Crippen LogP contribution < -0.4 is 10.5 Å². The van der Waals surface area contributed by atoms with Crippen LogP contribution in [-0.2, 0) is 11.3 Å². The van der Waals surface area contributed by atoms with Crippen molar-refractivity contribution in [3.8, 4) is 11.6 Å². The number of anilines is 1. The molecule has 0 saturated carbocycles. The van der Waals surface area contributed by atoms with E-state index in [2.05, 4.69) is 9.97 Å². The van der Waals surface area contributed by atoms with Gasteiger partial charge in [-0.2, -0.15) is 4.98 Å². The molecular weight excluding hydrogens is 300 g/mol. The fourth-order valence-corrected chi connectivity index (χ4v) is 1.74. The van der Waals surface area contributed by atoms with Gasteiger partial charge in [0.25, 0.3) is 0 Å². The van der Waals surface area contributed by atoms with Crippen molar-refractivity contribution in [3.63, 3.8) is 0 Å². The Balaban J connectivity index is 2.36. The van der Waals surface area contributed by atoms with E-state index in [4.69, 9.17) is 26.8 Å². The highest BCUT2D eigenvalue weighted by atomic mass is 35.5. The van der Waals surface area contributed by atoms with Gasteiger partial charge in [0, 0.05) is 24.3 Å². The summed E-state index contributed by atoms with van der Waals surface area (Å²) in [6.07, 6.45) is 0. The minimum absolute atomic E-state index is 0.00543. The molecule has 0 bridgehead atoms. The number of benzene rings is 1. The van der Waals surface area contributed by atoms with E-state index < -0.39 is 4.92 Å². The van der Waals surface area contributed by atoms with Gasteiger partial charge in [-0.1, -0.05) is 11.6 Å². The van der Waals surface area contributed by atoms with Gasteiger partial charge >= 0.3 is 5.69 Å². The Kier molecular flexibility index (Phi) is 4.51. The summed E-state index contributed by atoms with van der Waals surface area (Å²) in [4.78, 5) is 18.4. The monoisotopic (exact) mass is 310 g/mol. The molecule has 8 nitrogen and oxygen atoms in total. The highest BCUT2D eigenvalue weighted by Crippen LogP contribution is 2.33. The second-order valence-corrected chi connectivity index (χ2v) is 4.39. The lowest BCUT2D eigenvalue weighted by atomic mass is 10.3. The minimum Gasteiger partial charge on any atom is -0.432 e. The maximum absolute atomic E-state index is 11.0. The Labute approximate surface area is 124 Å². The van der Waals surface area contributed by atoms with Crippen molar-refractivity contribution in [1.82, 2.24) is 9.97 Å². The Morgan fingerprint density at radius 2 is 2.14 bits per heavy atom. The molecule has 0 saturated heterocycles. The lowest BCUT2D eigenvalue weighted by molar-refractivity contribution is -0.385. The smallest absolute Gasteiger partial charge is 0.313 e. The van der Waals surface area contributed by atoms with Gasteiger partial charge in [0.15, 0.2) is 5.82 Å². The second-order valence-electron chi connectivity index (χ2n) is 3.95. The van der Waals surface area contributed by atoms with Gasteiger partial charge in [0.1, 0.15) is 12.4 Å². The van der Waals surface area contributed by atoms with Gasteiger partial charge in [0.05, 0.1) is 4.92 Å². The van der Waals surface area contributed by atoms with Crippen LogP contribution in [0.2, 0.25) is 5.02 Å². The third kappa shape index (κ3) is 3.77. The molecule has 2 rings (SSSR count). The number of nitro groups is 1. The Bertz CT molecular complexity index is 680. The van der Waals surface area contributed by atoms with Crippen molar-refractivity contribution >= 4 is 23.1 Å². The zero-order valence-electron chi connectivity index (χ0n) is 10.9. The van der Waals surface area contributed by atoms with Crippen LogP contribution in [0.5, 0.6) is 11.6 Å².